The maximum Gasteiger partial charge on any atom is 0.141 e. The molecule has 4 nitrogen and oxygen atoms in total. The summed E-state index contributed by atoms with van der Waals surface area (Å²) in [7, 11) is 2.20. The second-order valence-corrected chi connectivity index (χ2v) is 7.47. The SMILES string of the molecule is CN1CCC(c2c[nH]c3ccc(N=C(N)c4cccs4)cc23)CC1.Cl. The smallest absolute Gasteiger partial charge is 0.141 e. The Hall–Kier alpha value is -1.82. The van der Waals surface area contributed by atoms with Crippen molar-refractivity contribution >= 4 is 46.2 Å². The number of hydrogen-bond acceptors (Lipinski definition) is 3. The Morgan fingerprint density at radius 2 is 2.08 bits per heavy atom. The number of aromatic nitrogens is 1. The predicted molar refractivity (Wildman–Crippen MR) is 110 cm³/mol. The van der Waals surface area contributed by atoms with Crippen molar-refractivity contribution in [1.29, 1.82) is 0 Å². The summed E-state index contributed by atoms with van der Waals surface area (Å²) in [6.45, 7) is 2.33. The third kappa shape index (κ3) is 3.73. The number of hydrogen-bond donors (Lipinski definition) is 2. The fourth-order valence-electron chi connectivity index (χ4n) is 3.48. The molecular weight excluding hydrogens is 352 g/mol. The predicted octanol–water partition coefficient (Wildman–Crippen LogP) is 4.50. The standard InChI is InChI=1S/C19H22N4S.ClH/c1-23-8-6-13(7-9-23)16-12-21-17-5-4-14(11-15(16)17)22-19(20)18-3-2-10-24-18;/h2-5,10-13,21H,6-9H2,1H3,(H2,20,22);1H. The van der Waals surface area contributed by atoms with E-state index in [0.717, 1.165) is 10.6 Å². The fraction of sp³-hybridized carbons (Fsp3) is 0.316. The lowest BCUT2D eigenvalue weighted by Gasteiger charge is -2.28. The topological polar surface area (TPSA) is 57.4 Å². The Morgan fingerprint density at radius 3 is 2.80 bits per heavy atom. The summed E-state index contributed by atoms with van der Waals surface area (Å²) in [5, 5.41) is 3.30. The highest BCUT2D eigenvalue weighted by Gasteiger charge is 2.21. The summed E-state index contributed by atoms with van der Waals surface area (Å²) in [5.41, 5.74) is 9.65. The molecule has 1 saturated heterocycles. The van der Waals surface area contributed by atoms with Crippen LogP contribution in [0.4, 0.5) is 5.69 Å². The number of nitrogens with two attached hydrogens (primary N) is 1. The molecular formula is C19H23ClN4S. The van der Waals surface area contributed by atoms with Crippen LogP contribution >= 0.6 is 23.7 Å². The number of likely N-dealkylation sites (tertiary alicyclic amines) is 1. The molecule has 0 amide bonds. The van der Waals surface area contributed by atoms with Crippen LogP contribution in [-0.2, 0) is 0 Å². The minimum atomic E-state index is 0. The van der Waals surface area contributed by atoms with Crippen LogP contribution in [0.15, 0.2) is 46.9 Å². The van der Waals surface area contributed by atoms with Crippen LogP contribution in [0.5, 0.6) is 0 Å². The summed E-state index contributed by atoms with van der Waals surface area (Å²) < 4.78 is 0. The van der Waals surface area contributed by atoms with Gasteiger partial charge in [-0.3, -0.25) is 0 Å². The van der Waals surface area contributed by atoms with E-state index in [1.165, 1.54) is 42.4 Å². The van der Waals surface area contributed by atoms with E-state index in [0.29, 0.717) is 11.8 Å². The number of nitrogens with zero attached hydrogens (tertiary/aromatic N) is 2. The minimum absolute atomic E-state index is 0. The molecule has 2 aromatic heterocycles. The van der Waals surface area contributed by atoms with Gasteiger partial charge in [-0.25, -0.2) is 4.99 Å². The number of thiophene rings is 1. The van der Waals surface area contributed by atoms with Crippen LogP contribution in [0.1, 0.15) is 29.2 Å². The van der Waals surface area contributed by atoms with Crippen molar-refractivity contribution < 1.29 is 0 Å². The van der Waals surface area contributed by atoms with Gasteiger partial charge in [0.25, 0.3) is 0 Å². The van der Waals surface area contributed by atoms with Crippen LogP contribution in [0.25, 0.3) is 10.9 Å². The maximum absolute atomic E-state index is 6.13. The van der Waals surface area contributed by atoms with E-state index in [1.54, 1.807) is 11.3 Å². The number of aliphatic imine (C=N–C) groups is 1. The first kappa shape index (κ1) is 18.0. The summed E-state index contributed by atoms with van der Waals surface area (Å²) in [6, 6.07) is 10.3. The van der Waals surface area contributed by atoms with E-state index in [1.807, 2.05) is 23.6 Å². The largest absolute Gasteiger partial charge is 0.383 e. The lowest BCUT2D eigenvalue weighted by Crippen LogP contribution is -2.29. The molecule has 3 N–H and O–H groups in total. The van der Waals surface area contributed by atoms with Gasteiger partial charge in [-0.2, -0.15) is 0 Å². The second-order valence-electron chi connectivity index (χ2n) is 6.53. The van der Waals surface area contributed by atoms with Gasteiger partial charge < -0.3 is 15.6 Å². The summed E-state index contributed by atoms with van der Waals surface area (Å²) in [6.07, 6.45) is 4.61. The van der Waals surface area contributed by atoms with Crippen molar-refractivity contribution in [2.24, 2.45) is 10.7 Å². The molecule has 6 heteroatoms. The molecule has 0 aliphatic carbocycles. The van der Waals surface area contributed by atoms with E-state index in [-0.39, 0.29) is 12.4 Å². The van der Waals surface area contributed by atoms with E-state index in [9.17, 15) is 0 Å². The van der Waals surface area contributed by atoms with E-state index < -0.39 is 0 Å². The molecule has 3 aromatic rings. The lowest BCUT2D eigenvalue weighted by atomic mass is 9.89. The highest BCUT2D eigenvalue weighted by molar-refractivity contribution is 7.12. The maximum atomic E-state index is 6.13. The van der Waals surface area contributed by atoms with Crippen LogP contribution < -0.4 is 5.73 Å². The Labute approximate surface area is 158 Å². The zero-order chi connectivity index (χ0) is 16.5. The number of piperidine rings is 1. The molecule has 25 heavy (non-hydrogen) atoms. The summed E-state index contributed by atoms with van der Waals surface area (Å²) >= 11 is 1.62. The number of benzene rings is 1. The first-order valence-electron chi connectivity index (χ1n) is 8.38. The Bertz CT molecular complexity index is 861. The molecule has 1 aliphatic rings. The van der Waals surface area contributed by atoms with Crippen molar-refractivity contribution in [3.63, 3.8) is 0 Å². The number of rotatable bonds is 3. The third-order valence-corrected chi connectivity index (χ3v) is 5.77. The Balaban J connectivity index is 0.00000182. The molecule has 1 fully saturated rings. The normalized spacial score (nSPS) is 16.9. The monoisotopic (exact) mass is 374 g/mol. The molecule has 0 atom stereocenters. The number of halogens is 1. The molecule has 1 aliphatic heterocycles. The van der Waals surface area contributed by atoms with Gasteiger partial charge in [0.05, 0.1) is 10.6 Å². The zero-order valence-electron chi connectivity index (χ0n) is 14.2. The van der Waals surface area contributed by atoms with Crippen LogP contribution in [0.2, 0.25) is 0 Å². The first-order valence-corrected chi connectivity index (χ1v) is 9.26. The van der Waals surface area contributed by atoms with Crippen LogP contribution in [0.3, 0.4) is 0 Å². The van der Waals surface area contributed by atoms with Crippen LogP contribution in [-0.4, -0.2) is 35.9 Å². The number of amidine groups is 1. The van der Waals surface area contributed by atoms with Crippen molar-refractivity contribution in [1.82, 2.24) is 9.88 Å². The van der Waals surface area contributed by atoms with Gasteiger partial charge in [-0.1, -0.05) is 6.07 Å². The molecule has 0 unspecified atom stereocenters. The number of aromatic amines is 1. The van der Waals surface area contributed by atoms with Crippen LogP contribution in [0, 0.1) is 0 Å². The summed E-state index contributed by atoms with van der Waals surface area (Å²) in [5.74, 6) is 1.21. The number of fused-ring (bicyclic) bond motifs is 1. The average Bonchev–Trinajstić information content (AvgIpc) is 3.25. The van der Waals surface area contributed by atoms with Crippen molar-refractivity contribution in [2.75, 3.05) is 20.1 Å². The second kappa shape index (κ2) is 7.60. The first-order chi connectivity index (χ1) is 11.7. The zero-order valence-corrected chi connectivity index (χ0v) is 15.9. The highest BCUT2D eigenvalue weighted by atomic mass is 35.5. The number of H-pyrrole nitrogens is 1. The molecule has 0 radical (unpaired) electrons. The average molecular weight is 375 g/mol. The molecule has 0 spiro atoms. The molecule has 132 valence electrons. The third-order valence-electron chi connectivity index (χ3n) is 4.88. The van der Waals surface area contributed by atoms with Crippen molar-refractivity contribution in [2.45, 2.75) is 18.8 Å². The lowest BCUT2D eigenvalue weighted by molar-refractivity contribution is 0.256. The minimum Gasteiger partial charge on any atom is -0.383 e. The molecule has 3 heterocycles. The van der Waals surface area contributed by atoms with Gasteiger partial charge in [0.1, 0.15) is 5.84 Å². The van der Waals surface area contributed by atoms with E-state index in [4.69, 9.17) is 5.73 Å². The molecule has 1 aromatic carbocycles. The Morgan fingerprint density at radius 1 is 1.28 bits per heavy atom. The Kier molecular flexibility index (Phi) is 5.47. The molecule has 0 bridgehead atoms. The quantitative estimate of drug-likeness (QED) is 0.524. The van der Waals surface area contributed by atoms with Gasteiger partial charge in [-0.15, -0.1) is 23.7 Å². The van der Waals surface area contributed by atoms with Gasteiger partial charge in [0, 0.05) is 17.1 Å². The highest BCUT2D eigenvalue weighted by Crippen LogP contribution is 2.34. The molecule has 0 saturated carbocycles. The van der Waals surface area contributed by atoms with Crippen molar-refractivity contribution in [3.05, 3.63) is 52.3 Å². The number of nitrogens with one attached hydrogen (secondary N) is 1. The van der Waals surface area contributed by atoms with E-state index >= 15 is 0 Å². The van der Waals surface area contributed by atoms with Gasteiger partial charge >= 0.3 is 0 Å². The molecule has 4 rings (SSSR count). The summed E-state index contributed by atoms with van der Waals surface area (Å²) in [4.78, 5) is 11.4. The van der Waals surface area contributed by atoms with Gasteiger partial charge in [0.15, 0.2) is 0 Å². The van der Waals surface area contributed by atoms with Gasteiger partial charge in [-0.05, 0) is 74.1 Å². The van der Waals surface area contributed by atoms with Gasteiger partial charge in [0.2, 0.25) is 0 Å². The van der Waals surface area contributed by atoms with E-state index in [2.05, 4.69) is 40.3 Å². The fourth-order valence-corrected chi connectivity index (χ4v) is 4.10. The van der Waals surface area contributed by atoms with Crippen molar-refractivity contribution in [3.8, 4) is 0 Å².